The molecule has 53 valence electrons. The molecule has 1 nitrogen and oxygen atoms in total. The highest BCUT2D eigenvalue weighted by Crippen LogP contribution is 2.00. The minimum Gasteiger partial charge on any atom is -0.317 e. The molecule has 0 saturated carbocycles. The highest BCUT2D eigenvalue weighted by molar-refractivity contribution is 4.74. The molecule has 1 N–H and O–H groups in total. The molecule has 0 aromatic rings. The van der Waals surface area contributed by atoms with Crippen LogP contribution in [0, 0.1) is 6.58 Å². The van der Waals surface area contributed by atoms with Gasteiger partial charge in [-0.25, -0.2) is 0 Å². The molecule has 0 amide bonds. The summed E-state index contributed by atoms with van der Waals surface area (Å²) >= 11 is 0. The Balaban J connectivity index is 3.28. The first-order valence-corrected chi connectivity index (χ1v) is 3.55. The Labute approximate surface area is 58.2 Å². The first-order valence-electron chi connectivity index (χ1n) is 3.55. The van der Waals surface area contributed by atoms with Crippen LogP contribution in [0.1, 0.15) is 26.2 Å². The van der Waals surface area contributed by atoms with Gasteiger partial charge in [0.15, 0.2) is 0 Å². The Morgan fingerprint density at radius 1 is 1.67 bits per heavy atom. The zero-order valence-corrected chi connectivity index (χ0v) is 6.35. The summed E-state index contributed by atoms with van der Waals surface area (Å²) in [5.74, 6) is 0. The van der Waals surface area contributed by atoms with Gasteiger partial charge in [0.25, 0.3) is 0 Å². The third-order valence-corrected chi connectivity index (χ3v) is 1.47. The molecule has 0 aliphatic rings. The summed E-state index contributed by atoms with van der Waals surface area (Å²) in [5.41, 5.74) is 0. The zero-order valence-electron chi connectivity index (χ0n) is 6.35. The lowest BCUT2D eigenvalue weighted by Gasteiger charge is -2.11. The molecule has 0 heterocycles. The normalized spacial score (nSPS) is 13.1. The highest BCUT2D eigenvalue weighted by Gasteiger charge is 1.99. The van der Waals surface area contributed by atoms with Crippen molar-refractivity contribution in [2.24, 2.45) is 0 Å². The molecule has 0 bridgehead atoms. The van der Waals surface area contributed by atoms with Gasteiger partial charge in [0.05, 0.1) is 0 Å². The molecule has 1 unspecified atom stereocenters. The molecule has 0 aromatic heterocycles. The SMILES string of the molecule is [CH]=CCC(CCC)NC. The molecule has 1 radical (unpaired) electrons. The van der Waals surface area contributed by atoms with E-state index >= 15 is 0 Å². The number of nitrogens with one attached hydrogen (secondary N) is 1. The Kier molecular flexibility index (Phi) is 5.64. The van der Waals surface area contributed by atoms with Crippen LogP contribution in [0.3, 0.4) is 0 Å². The molecule has 0 spiro atoms. The Morgan fingerprint density at radius 3 is 2.67 bits per heavy atom. The van der Waals surface area contributed by atoms with Gasteiger partial charge in [-0.15, -0.1) is 0 Å². The number of hydrogen-bond acceptors (Lipinski definition) is 1. The van der Waals surface area contributed by atoms with Crippen LogP contribution in [-0.4, -0.2) is 13.1 Å². The van der Waals surface area contributed by atoms with Gasteiger partial charge in [0.1, 0.15) is 0 Å². The van der Waals surface area contributed by atoms with Gasteiger partial charge < -0.3 is 5.32 Å². The summed E-state index contributed by atoms with van der Waals surface area (Å²) in [5, 5.41) is 3.19. The van der Waals surface area contributed by atoms with Gasteiger partial charge in [-0.2, -0.15) is 0 Å². The summed E-state index contributed by atoms with van der Waals surface area (Å²) in [6.07, 6.45) is 5.13. The van der Waals surface area contributed by atoms with Crippen molar-refractivity contribution in [2.75, 3.05) is 7.05 Å². The van der Waals surface area contributed by atoms with E-state index in [1.54, 1.807) is 6.08 Å². The van der Waals surface area contributed by atoms with Gasteiger partial charge in [-0.05, 0) is 19.9 Å². The molecule has 0 aliphatic heterocycles. The maximum absolute atomic E-state index is 5.27. The first-order chi connectivity index (χ1) is 4.35. The Hall–Kier alpha value is -0.300. The van der Waals surface area contributed by atoms with Crippen LogP contribution < -0.4 is 5.32 Å². The van der Waals surface area contributed by atoms with Crippen molar-refractivity contribution < 1.29 is 0 Å². The molecule has 0 fully saturated rings. The second-order valence-corrected chi connectivity index (χ2v) is 2.25. The quantitative estimate of drug-likeness (QED) is 0.592. The van der Waals surface area contributed by atoms with Gasteiger partial charge in [-0.3, -0.25) is 0 Å². The lowest BCUT2D eigenvalue weighted by atomic mass is 10.1. The van der Waals surface area contributed by atoms with E-state index in [1.807, 2.05) is 7.05 Å². The third kappa shape index (κ3) is 4.22. The first kappa shape index (κ1) is 8.70. The fourth-order valence-corrected chi connectivity index (χ4v) is 0.893. The van der Waals surface area contributed by atoms with Crippen LogP contribution in [-0.2, 0) is 0 Å². The third-order valence-electron chi connectivity index (χ3n) is 1.47. The van der Waals surface area contributed by atoms with E-state index in [-0.39, 0.29) is 0 Å². The smallest absolute Gasteiger partial charge is 0.00985 e. The largest absolute Gasteiger partial charge is 0.317 e. The lowest BCUT2D eigenvalue weighted by Crippen LogP contribution is -2.23. The maximum Gasteiger partial charge on any atom is 0.00985 e. The molecular weight excluding hydrogens is 110 g/mol. The fourth-order valence-electron chi connectivity index (χ4n) is 0.893. The molecule has 0 saturated heterocycles. The average molecular weight is 126 g/mol. The van der Waals surface area contributed by atoms with E-state index < -0.39 is 0 Å². The van der Waals surface area contributed by atoms with Crippen molar-refractivity contribution in [3.8, 4) is 0 Å². The summed E-state index contributed by atoms with van der Waals surface area (Å²) in [4.78, 5) is 0. The second kappa shape index (κ2) is 5.83. The Bertz CT molecular complexity index is 69.0. The lowest BCUT2D eigenvalue weighted by molar-refractivity contribution is 0.521. The van der Waals surface area contributed by atoms with Crippen LogP contribution in [0.2, 0.25) is 0 Å². The fraction of sp³-hybridized carbons (Fsp3) is 0.750. The van der Waals surface area contributed by atoms with Crippen molar-refractivity contribution in [3.63, 3.8) is 0 Å². The summed E-state index contributed by atoms with van der Waals surface area (Å²) in [6, 6.07) is 0.583. The molecule has 0 aromatic carbocycles. The van der Waals surface area contributed by atoms with Gasteiger partial charge in [0, 0.05) is 6.04 Å². The number of hydrogen-bond donors (Lipinski definition) is 1. The molecule has 1 heteroatoms. The Morgan fingerprint density at radius 2 is 2.33 bits per heavy atom. The van der Waals surface area contributed by atoms with Crippen LogP contribution in [0.25, 0.3) is 0 Å². The van der Waals surface area contributed by atoms with E-state index in [0.717, 1.165) is 6.42 Å². The minimum atomic E-state index is 0.583. The van der Waals surface area contributed by atoms with E-state index in [1.165, 1.54) is 12.8 Å². The van der Waals surface area contributed by atoms with Crippen LogP contribution in [0.5, 0.6) is 0 Å². The molecule has 0 rings (SSSR count). The van der Waals surface area contributed by atoms with Crippen molar-refractivity contribution in [3.05, 3.63) is 12.7 Å². The summed E-state index contributed by atoms with van der Waals surface area (Å²) in [6.45, 7) is 7.45. The average Bonchev–Trinajstić information content (AvgIpc) is 1.88. The van der Waals surface area contributed by atoms with Crippen molar-refractivity contribution in [2.45, 2.75) is 32.2 Å². The van der Waals surface area contributed by atoms with Crippen LogP contribution >= 0.6 is 0 Å². The van der Waals surface area contributed by atoms with Crippen molar-refractivity contribution >= 4 is 0 Å². The highest BCUT2D eigenvalue weighted by atomic mass is 14.9. The zero-order chi connectivity index (χ0) is 7.11. The van der Waals surface area contributed by atoms with E-state index in [0.29, 0.717) is 6.04 Å². The maximum atomic E-state index is 5.27. The minimum absolute atomic E-state index is 0.583. The van der Waals surface area contributed by atoms with Crippen molar-refractivity contribution in [1.29, 1.82) is 0 Å². The predicted molar refractivity (Wildman–Crippen MR) is 41.2 cm³/mol. The summed E-state index contributed by atoms with van der Waals surface area (Å²) in [7, 11) is 1.98. The van der Waals surface area contributed by atoms with Crippen LogP contribution in [0.15, 0.2) is 6.08 Å². The summed E-state index contributed by atoms with van der Waals surface area (Å²) < 4.78 is 0. The van der Waals surface area contributed by atoms with E-state index in [2.05, 4.69) is 12.2 Å². The van der Waals surface area contributed by atoms with Crippen LogP contribution in [0.4, 0.5) is 0 Å². The number of rotatable bonds is 5. The standard InChI is InChI=1S/C8H16N/c1-4-6-8(9-3)7-5-2/h1,4,8-9H,5-7H2,2-3H3. The topological polar surface area (TPSA) is 12.0 Å². The second-order valence-electron chi connectivity index (χ2n) is 2.25. The molecule has 0 aliphatic carbocycles. The monoisotopic (exact) mass is 126 g/mol. The molecular formula is C8H16N. The molecule has 9 heavy (non-hydrogen) atoms. The van der Waals surface area contributed by atoms with Crippen molar-refractivity contribution in [1.82, 2.24) is 5.32 Å². The molecule has 1 atom stereocenters. The van der Waals surface area contributed by atoms with E-state index in [9.17, 15) is 0 Å². The van der Waals surface area contributed by atoms with Gasteiger partial charge in [-0.1, -0.05) is 26.0 Å². The van der Waals surface area contributed by atoms with Gasteiger partial charge in [0.2, 0.25) is 0 Å². The van der Waals surface area contributed by atoms with Gasteiger partial charge >= 0.3 is 0 Å². The predicted octanol–water partition coefficient (Wildman–Crippen LogP) is 1.75. The van der Waals surface area contributed by atoms with E-state index in [4.69, 9.17) is 6.58 Å².